The fraction of sp³-hybridized carbons (Fsp3) is 0.474. The molecule has 1 aliphatic rings. The van der Waals surface area contributed by atoms with E-state index in [1.165, 1.54) is 4.31 Å². The van der Waals surface area contributed by atoms with Gasteiger partial charge in [0, 0.05) is 12.7 Å². The zero-order chi connectivity index (χ0) is 21.2. The summed E-state index contributed by atoms with van der Waals surface area (Å²) in [6.07, 6.45) is -3.24. The number of aromatic nitrogens is 2. The molecule has 6 nitrogen and oxygen atoms in total. The summed E-state index contributed by atoms with van der Waals surface area (Å²) >= 11 is 0. The van der Waals surface area contributed by atoms with E-state index in [4.69, 9.17) is 4.74 Å². The summed E-state index contributed by atoms with van der Waals surface area (Å²) in [6.45, 7) is 4.38. The van der Waals surface area contributed by atoms with E-state index in [0.717, 1.165) is 17.8 Å². The number of hydrogen-bond donors (Lipinski definition) is 0. The number of rotatable bonds is 5. The lowest BCUT2D eigenvalue weighted by atomic mass is 10.0. The Morgan fingerprint density at radius 1 is 1.17 bits per heavy atom. The highest BCUT2D eigenvalue weighted by atomic mass is 32.2. The van der Waals surface area contributed by atoms with E-state index in [-0.39, 0.29) is 17.4 Å². The molecular formula is C19H22F3N3O3S. The molecule has 0 aliphatic carbocycles. The molecule has 1 atom stereocenters. The Balaban J connectivity index is 1.73. The fourth-order valence-corrected chi connectivity index (χ4v) is 4.61. The van der Waals surface area contributed by atoms with Crippen molar-refractivity contribution in [3.63, 3.8) is 0 Å². The molecule has 1 unspecified atom stereocenters. The van der Waals surface area contributed by atoms with Crippen LogP contribution in [0, 0.1) is 0 Å². The molecule has 2 aromatic rings. The van der Waals surface area contributed by atoms with Crippen molar-refractivity contribution in [3.8, 4) is 6.01 Å². The molecule has 1 fully saturated rings. The first-order valence-corrected chi connectivity index (χ1v) is 10.7. The maximum atomic E-state index is 12.9. The number of hydrogen-bond acceptors (Lipinski definition) is 5. The highest BCUT2D eigenvalue weighted by molar-refractivity contribution is 7.89. The van der Waals surface area contributed by atoms with Gasteiger partial charge in [0.05, 0.1) is 11.4 Å². The average Bonchev–Trinajstić information content (AvgIpc) is 2.68. The molecule has 0 amide bonds. The van der Waals surface area contributed by atoms with Gasteiger partial charge in [-0.05, 0) is 42.5 Å². The molecule has 3 rings (SSSR count). The Hall–Kier alpha value is -2.20. The Morgan fingerprint density at radius 2 is 1.86 bits per heavy atom. The topological polar surface area (TPSA) is 72.4 Å². The third-order valence-corrected chi connectivity index (χ3v) is 6.60. The van der Waals surface area contributed by atoms with Gasteiger partial charge < -0.3 is 4.74 Å². The minimum absolute atomic E-state index is 0.0217. The molecule has 0 bridgehead atoms. The Labute approximate surface area is 167 Å². The van der Waals surface area contributed by atoms with E-state index in [0.29, 0.717) is 19.4 Å². The van der Waals surface area contributed by atoms with Crippen molar-refractivity contribution in [2.45, 2.75) is 49.8 Å². The summed E-state index contributed by atoms with van der Waals surface area (Å²) < 4.78 is 71.0. The molecule has 158 valence electrons. The number of nitrogens with zero attached hydrogens (tertiary/aromatic N) is 3. The van der Waals surface area contributed by atoms with Crippen molar-refractivity contribution >= 4 is 10.0 Å². The summed E-state index contributed by atoms with van der Waals surface area (Å²) in [5.41, 5.74) is -0.0708. The predicted molar refractivity (Wildman–Crippen MR) is 100.0 cm³/mol. The van der Waals surface area contributed by atoms with Crippen LogP contribution in [0.4, 0.5) is 13.2 Å². The highest BCUT2D eigenvalue weighted by Crippen LogP contribution is 2.29. The van der Waals surface area contributed by atoms with Crippen LogP contribution in [0.25, 0.3) is 0 Å². The van der Waals surface area contributed by atoms with Crippen LogP contribution in [0.1, 0.15) is 43.9 Å². The summed E-state index contributed by atoms with van der Waals surface area (Å²) in [6, 6.07) is 7.06. The lowest BCUT2D eigenvalue weighted by molar-refractivity contribution is -0.141. The number of ether oxygens (including phenoxy) is 1. The van der Waals surface area contributed by atoms with Crippen LogP contribution in [-0.4, -0.2) is 41.9 Å². The summed E-state index contributed by atoms with van der Waals surface area (Å²) in [4.78, 5) is 7.28. The maximum absolute atomic E-state index is 12.9. The molecule has 0 radical (unpaired) electrons. The first-order valence-electron chi connectivity index (χ1n) is 9.24. The fourth-order valence-electron chi connectivity index (χ4n) is 3.10. The van der Waals surface area contributed by atoms with Crippen molar-refractivity contribution in [2.24, 2.45) is 0 Å². The van der Waals surface area contributed by atoms with Gasteiger partial charge in [0.15, 0.2) is 5.69 Å². The second-order valence-electron chi connectivity index (χ2n) is 7.19. The Bertz CT molecular complexity index is 947. The number of halogens is 3. The van der Waals surface area contributed by atoms with Crippen molar-refractivity contribution < 1.29 is 26.3 Å². The summed E-state index contributed by atoms with van der Waals surface area (Å²) in [5.74, 6) is 0.284. The van der Waals surface area contributed by atoms with Crippen molar-refractivity contribution in [3.05, 3.63) is 47.8 Å². The van der Waals surface area contributed by atoms with Crippen LogP contribution in [0.15, 0.2) is 41.4 Å². The predicted octanol–water partition coefficient (Wildman–Crippen LogP) is 3.85. The molecule has 1 aromatic carbocycles. The second kappa shape index (κ2) is 8.27. The highest BCUT2D eigenvalue weighted by Gasteiger charge is 2.34. The van der Waals surface area contributed by atoms with Crippen LogP contribution >= 0.6 is 0 Å². The lowest BCUT2D eigenvalue weighted by Crippen LogP contribution is -2.44. The largest absolute Gasteiger partial charge is 0.459 e. The molecule has 0 N–H and O–H groups in total. The normalized spacial score (nSPS) is 18.8. The standard InChI is InChI=1S/C19H22F3N3O3S/c1-13(2)14-5-7-16(8-6-14)29(26,27)25-11-3-4-15(12-25)28-18-23-10-9-17(24-18)19(20,21)22/h5-10,13,15H,3-4,11-12H2,1-2H3. The minimum atomic E-state index is -4.61. The van der Waals surface area contributed by atoms with Crippen molar-refractivity contribution in [1.82, 2.24) is 14.3 Å². The molecule has 29 heavy (non-hydrogen) atoms. The lowest BCUT2D eigenvalue weighted by Gasteiger charge is -2.31. The smallest absolute Gasteiger partial charge is 0.433 e. The van der Waals surface area contributed by atoms with Gasteiger partial charge in [-0.2, -0.15) is 22.5 Å². The van der Waals surface area contributed by atoms with Gasteiger partial charge in [0.1, 0.15) is 6.10 Å². The van der Waals surface area contributed by atoms with Crippen LogP contribution in [-0.2, 0) is 16.2 Å². The number of sulfonamides is 1. The third kappa shape index (κ3) is 5.05. The van der Waals surface area contributed by atoms with Crippen LogP contribution in [0.3, 0.4) is 0 Å². The minimum Gasteiger partial charge on any atom is -0.459 e. The summed E-state index contributed by atoms with van der Waals surface area (Å²) in [7, 11) is -3.73. The average molecular weight is 429 g/mol. The van der Waals surface area contributed by atoms with Gasteiger partial charge in [0.25, 0.3) is 0 Å². The molecule has 1 aliphatic heterocycles. The van der Waals surface area contributed by atoms with Gasteiger partial charge in [0.2, 0.25) is 10.0 Å². The van der Waals surface area contributed by atoms with Gasteiger partial charge in [-0.25, -0.2) is 13.4 Å². The molecule has 0 saturated carbocycles. The number of piperidine rings is 1. The maximum Gasteiger partial charge on any atom is 0.433 e. The van der Waals surface area contributed by atoms with E-state index in [2.05, 4.69) is 9.97 Å². The molecular weight excluding hydrogens is 407 g/mol. The first-order chi connectivity index (χ1) is 13.6. The van der Waals surface area contributed by atoms with E-state index in [1.54, 1.807) is 24.3 Å². The molecule has 10 heteroatoms. The van der Waals surface area contributed by atoms with E-state index in [9.17, 15) is 21.6 Å². The van der Waals surface area contributed by atoms with Crippen molar-refractivity contribution in [2.75, 3.05) is 13.1 Å². The molecule has 1 saturated heterocycles. The van der Waals surface area contributed by atoms with E-state index < -0.39 is 34.0 Å². The van der Waals surface area contributed by atoms with Gasteiger partial charge >= 0.3 is 12.2 Å². The SMILES string of the molecule is CC(C)c1ccc(S(=O)(=O)N2CCCC(Oc3nccc(C(F)(F)F)n3)C2)cc1. The number of alkyl halides is 3. The van der Waals surface area contributed by atoms with Crippen molar-refractivity contribution in [1.29, 1.82) is 0 Å². The zero-order valence-corrected chi connectivity index (χ0v) is 16.9. The second-order valence-corrected chi connectivity index (χ2v) is 9.13. The Morgan fingerprint density at radius 3 is 2.48 bits per heavy atom. The van der Waals surface area contributed by atoms with Gasteiger partial charge in [-0.3, -0.25) is 0 Å². The zero-order valence-electron chi connectivity index (χ0n) is 16.1. The quantitative estimate of drug-likeness (QED) is 0.722. The molecule has 2 heterocycles. The number of benzene rings is 1. The summed E-state index contributed by atoms with van der Waals surface area (Å²) in [5, 5.41) is 0. The van der Waals surface area contributed by atoms with Crippen LogP contribution in [0.2, 0.25) is 0 Å². The van der Waals surface area contributed by atoms with E-state index >= 15 is 0 Å². The van der Waals surface area contributed by atoms with Crippen LogP contribution < -0.4 is 4.74 Å². The van der Waals surface area contributed by atoms with Gasteiger partial charge in [-0.15, -0.1) is 0 Å². The van der Waals surface area contributed by atoms with Crippen LogP contribution in [0.5, 0.6) is 6.01 Å². The first kappa shape index (κ1) is 21.5. The van der Waals surface area contributed by atoms with Gasteiger partial charge in [-0.1, -0.05) is 26.0 Å². The molecule has 1 aromatic heterocycles. The Kier molecular flexibility index (Phi) is 6.13. The third-order valence-electron chi connectivity index (χ3n) is 4.72. The molecule has 0 spiro atoms. The van der Waals surface area contributed by atoms with E-state index in [1.807, 2.05) is 13.8 Å². The monoisotopic (exact) mass is 429 g/mol.